The molecule has 120 valence electrons. The van der Waals surface area contributed by atoms with Crippen molar-refractivity contribution in [2.24, 2.45) is 0 Å². The van der Waals surface area contributed by atoms with Gasteiger partial charge >= 0.3 is 0 Å². The molecule has 0 saturated carbocycles. The van der Waals surface area contributed by atoms with E-state index in [-0.39, 0.29) is 0 Å². The summed E-state index contributed by atoms with van der Waals surface area (Å²) >= 11 is 8.91. The number of hydrogen-bond acceptors (Lipinski definition) is 1. The SMILES string of the molecule is S=C(Nc1cccc(Br)c1)N[C@H]1CC[NH+](Cc2ccccc2)C1. The molecule has 23 heavy (non-hydrogen) atoms. The van der Waals surface area contributed by atoms with E-state index >= 15 is 0 Å². The van der Waals surface area contributed by atoms with Gasteiger partial charge in [0.2, 0.25) is 0 Å². The van der Waals surface area contributed by atoms with Crippen molar-refractivity contribution >= 4 is 38.9 Å². The van der Waals surface area contributed by atoms with Gasteiger partial charge in [-0.25, -0.2) is 0 Å². The Balaban J connectivity index is 1.47. The Morgan fingerprint density at radius 1 is 1.17 bits per heavy atom. The lowest BCUT2D eigenvalue weighted by molar-refractivity contribution is -0.901. The first-order chi connectivity index (χ1) is 11.2. The molecule has 0 amide bonds. The zero-order valence-corrected chi connectivity index (χ0v) is 15.3. The van der Waals surface area contributed by atoms with Crippen molar-refractivity contribution in [3.63, 3.8) is 0 Å². The van der Waals surface area contributed by atoms with Gasteiger partial charge < -0.3 is 15.5 Å². The van der Waals surface area contributed by atoms with Crippen molar-refractivity contribution in [3.8, 4) is 0 Å². The van der Waals surface area contributed by atoms with Gasteiger partial charge in [-0.3, -0.25) is 0 Å². The molecule has 1 saturated heterocycles. The monoisotopic (exact) mass is 390 g/mol. The summed E-state index contributed by atoms with van der Waals surface area (Å²) in [6.45, 7) is 3.38. The maximum Gasteiger partial charge on any atom is 0.171 e. The second kappa shape index (κ2) is 7.90. The van der Waals surface area contributed by atoms with E-state index in [0.717, 1.165) is 29.7 Å². The second-order valence-corrected chi connectivity index (χ2v) is 7.28. The van der Waals surface area contributed by atoms with E-state index in [1.54, 1.807) is 4.90 Å². The van der Waals surface area contributed by atoms with Crippen molar-refractivity contribution in [1.29, 1.82) is 0 Å². The highest BCUT2D eigenvalue weighted by molar-refractivity contribution is 9.10. The average Bonchev–Trinajstić information content (AvgIpc) is 2.95. The highest BCUT2D eigenvalue weighted by atomic mass is 79.9. The lowest BCUT2D eigenvalue weighted by Gasteiger charge is -2.16. The minimum absolute atomic E-state index is 0.445. The van der Waals surface area contributed by atoms with Crippen molar-refractivity contribution in [2.45, 2.75) is 19.0 Å². The van der Waals surface area contributed by atoms with Crippen LogP contribution in [0.25, 0.3) is 0 Å². The molecule has 1 fully saturated rings. The van der Waals surface area contributed by atoms with E-state index in [4.69, 9.17) is 12.2 Å². The van der Waals surface area contributed by atoms with Crippen molar-refractivity contribution < 1.29 is 4.90 Å². The Kier molecular flexibility index (Phi) is 5.65. The smallest absolute Gasteiger partial charge is 0.171 e. The number of rotatable bonds is 4. The van der Waals surface area contributed by atoms with Crippen LogP contribution in [-0.2, 0) is 6.54 Å². The lowest BCUT2D eigenvalue weighted by atomic mass is 10.2. The number of likely N-dealkylation sites (tertiary alicyclic amines) is 1. The molecule has 1 aliphatic rings. The molecule has 0 aromatic heterocycles. The minimum Gasteiger partial charge on any atom is -0.354 e. The molecular formula is C18H21BrN3S+. The minimum atomic E-state index is 0.445. The zero-order valence-electron chi connectivity index (χ0n) is 12.9. The standard InChI is InChI=1S/C18H20BrN3S/c19-15-7-4-8-16(11-15)20-18(23)21-17-9-10-22(13-17)12-14-5-2-1-3-6-14/h1-8,11,17H,9-10,12-13H2,(H2,20,21,23)/p+1/t17-/m0/s1. The van der Waals surface area contributed by atoms with Crippen LogP contribution in [0.15, 0.2) is 59.1 Å². The summed E-state index contributed by atoms with van der Waals surface area (Å²) < 4.78 is 1.05. The summed E-state index contributed by atoms with van der Waals surface area (Å²) in [5.41, 5.74) is 2.40. The number of thiocarbonyl (C=S) groups is 1. The molecule has 2 aromatic rings. The summed E-state index contributed by atoms with van der Waals surface area (Å²) in [4.78, 5) is 1.61. The number of quaternary nitrogens is 1. The third kappa shape index (κ3) is 5.03. The summed E-state index contributed by atoms with van der Waals surface area (Å²) in [6, 6.07) is 19.2. The fourth-order valence-electron chi connectivity index (χ4n) is 3.02. The van der Waals surface area contributed by atoms with Gasteiger partial charge in [-0.15, -0.1) is 0 Å². The van der Waals surface area contributed by atoms with E-state index in [2.05, 4.69) is 56.9 Å². The number of anilines is 1. The van der Waals surface area contributed by atoms with Crippen molar-refractivity contribution in [1.82, 2.24) is 5.32 Å². The van der Waals surface area contributed by atoms with Gasteiger partial charge in [0.1, 0.15) is 6.54 Å². The fraction of sp³-hybridized carbons (Fsp3) is 0.278. The number of nitrogens with one attached hydrogen (secondary N) is 3. The molecule has 0 spiro atoms. The Morgan fingerprint density at radius 3 is 2.78 bits per heavy atom. The molecule has 1 unspecified atom stereocenters. The predicted octanol–water partition coefficient (Wildman–Crippen LogP) is 2.59. The van der Waals surface area contributed by atoms with E-state index in [1.165, 1.54) is 12.1 Å². The van der Waals surface area contributed by atoms with Crippen LogP contribution in [0, 0.1) is 0 Å². The molecule has 1 heterocycles. The third-order valence-corrected chi connectivity index (χ3v) is 4.81. The Bertz CT molecular complexity index is 662. The van der Waals surface area contributed by atoms with Crippen LogP contribution in [0.2, 0.25) is 0 Å². The Morgan fingerprint density at radius 2 is 2.00 bits per heavy atom. The molecule has 0 aliphatic carbocycles. The normalized spacial score (nSPS) is 20.2. The molecule has 1 aliphatic heterocycles. The maximum atomic E-state index is 5.44. The molecular weight excluding hydrogens is 370 g/mol. The highest BCUT2D eigenvalue weighted by Crippen LogP contribution is 2.15. The molecule has 0 radical (unpaired) electrons. The van der Waals surface area contributed by atoms with Crippen LogP contribution in [0.4, 0.5) is 5.69 Å². The molecule has 3 nitrogen and oxygen atoms in total. The van der Waals surface area contributed by atoms with E-state index in [9.17, 15) is 0 Å². The summed E-state index contributed by atoms with van der Waals surface area (Å²) in [5.74, 6) is 0. The summed E-state index contributed by atoms with van der Waals surface area (Å²) in [5, 5.41) is 7.40. The predicted molar refractivity (Wildman–Crippen MR) is 103 cm³/mol. The number of hydrogen-bond donors (Lipinski definition) is 3. The quantitative estimate of drug-likeness (QED) is 0.700. The first-order valence-corrected chi connectivity index (χ1v) is 9.10. The zero-order chi connectivity index (χ0) is 16.1. The average molecular weight is 391 g/mol. The van der Waals surface area contributed by atoms with Gasteiger partial charge in [0.05, 0.1) is 19.1 Å². The van der Waals surface area contributed by atoms with Crippen LogP contribution in [0.1, 0.15) is 12.0 Å². The number of halogens is 1. The molecule has 0 bridgehead atoms. The van der Waals surface area contributed by atoms with Gasteiger partial charge in [0.15, 0.2) is 5.11 Å². The molecule has 2 aromatic carbocycles. The van der Waals surface area contributed by atoms with E-state index < -0.39 is 0 Å². The molecule has 3 rings (SSSR count). The van der Waals surface area contributed by atoms with E-state index in [1.807, 2.05) is 24.3 Å². The van der Waals surface area contributed by atoms with Crippen LogP contribution < -0.4 is 15.5 Å². The highest BCUT2D eigenvalue weighted by Gasteiger charge is 2.26. The Labute approximate surface area is 151 Å². The Hall–Kier alpha value is -1.43. The largest absolute Gasteiger partial charge is 0.354 e. The van der Waals surface area contributed by atoms with Gasteiger partial charge in [0, 0.05) is 22.1 Å². The van der Waals surface area contributed by atoms with Gasteiger partial charge in [-0.1, -0.05) is 52.3 Å². The van der Waals surface area contributed by atoms with Crippen LogP contribution in [0.5, 0.6) is 0 Å². The van der Waals surface area contributed by atoms with Crippen molar-refractivity contribution in [2.75, 3.05) is 18.4 Å². The van der Waals surface area contributed by atoms with Crippen LogP contribution >= 0.6 is 28.1 Å². The third-order valence-electron chi connectivity index (χ3n) is 4.10. The first-order valence-electron chi connectivity index (χ1n) is 7.89. The van der Waals surface area contributed by atoms with Crippen LogP contribution in [-0.4, -0.2) is 24.2 Å². The van der Waals surface area contributed by atoms with Crippen LogP contribution in [0.3, 0.4) is 0 Å². The molecule has 3 N–H and O–H groups in total. The lowest BCUT2D eigenvalue weighted by Crippen LogP contribution is -3.09. The molecule has 5 heteroatoms. The van der Waals surface area contributed by atoms with Gasteiger partial charge in [0.25, 0.3) is 0 Å². The van der Waals surface area contributed by atoms with Gasteiger partial charge in [-0.05, 0) is 30.4 Å². The summed E-state index contributed by atoms with van der Waals surface area (Å²) in [6.07, 6.45) is 1.16. The topological polar surface area (TPSA) is 28.5 Å². The molecule has 2 atom stereocenters. The first kappa shape index (κ1) is 16.4. The van der Waals surface area contributed by atoms with Gasteiger partial charge in [-0.2, -0.15) is 0 Å². The second-order valence-electron chi connectivity index (χ2n) is 5.96. The van der Waals surface area contributed by atoms with Crippen molar-refractivity contribution in [3.05, 3.63) is 64.6 Å². The fourth-order valence-corrected chi connectivity index (χ4v) is 3.70. The maximum absolute atomic E-state index is 5.44. The van der Waals surface area contributed by atoms with E-state index in [0.29, 0.717) is 11.2 Å². The number of benzene rings is 2. The summed E-state index contributed by atoms with van der Waals surface area (Å²) in [7, 11) is 0.